The van der Waals surface area contributed by atoms with Gasteiger partial charge >= 0.3 is 0 Å². The predicted octanol–water partition coefficient (Wildman–Crippen LogP) is 5.01. The van der Waals surface area contributed by atoms with Crippen molar-refractivity contribution in [1.82, 2.24) is 15.3 Å². The van der Waals surface area contributed by atoms with E-state index in [1.165, 1.54) is 12.1 Å². The number of halogens is 2. The van der Waals surface area contributed by atoms with Crippen LogP contribution in [0.25, 0.3) is 11.1 Å². The second kappa shape index (κ2) is 11.8. The van der Waals surface area contributed by atoms with Crippen LogP contribution in [0.3, 0.4) is 0 Å². The second-order valence-electron chi connectivity index (χ2n) is 10.1. The van der Waals surface area contributed by atoms with E-state index in [2.05, 4.69) is 15.3 Å². The summed E-state index contributed by atoms with van der Waals surface area (Å²) < 4.78 is 31.9. The standard InChI is InChI=1S/C24H23Cl2N3O4S.C3H9N/c25-18-9-15(13-1-4-16(5-2-13)34(31,32)33)10-19(26)23(18)22(17-7-8-27-24(17)30)14-3-6-20-21(11-14)29-12-28-20;1-3(2)4/h1-2,4-5,9-10,12,14,17,22H,3,6-8,11H2,(H,27,30)(H,28,29)(H,31,32,33);3H,4H2,1-2H3/t14?,17?,22-;/m1./s1. The van der Waals surface area contributed by atoms with Crippen LogP contribution in [0.1, 0.15) is 49.6 Å². The molecule has 2 aliphatic rings. The highest BCUT2D eigenvalue weighted by Crippen LogP contribution is 2.47. The topological polar surface area (TPSA) is 138 Å². The van der Waals surface area contributed by atoms with Gasteiger partial charge in [-0.05, 0) is 78.6 Å². The fraction of sp³-hybridized carbons (Fsp3) is 0.407. The molecule has 0 radical (unpaired) electrons. The molecule has 11 heteroatoms. The SMILES string of the molecule is CC(C)N.O=C1NCCC1[C@H](c1c(Cl)cc(-c2ccc(S(=O)(=O)O)cc2)cc1Cl)C1CCc2[nH]cnc2C1. The monoisotopic (exact) mass is 578 g/mol. The van der Waals surface area contributed by atoms with E-state index in [4.69, 9.17) is 28.9 Å². The van der Waals surface area contributed by atoms with Gasteiger partial charge in [0.15, 0.2) is 0 Å². The van der Waals surface area contributed by atoms with Crippen molar-refractivity contribution < 1.29 is 17.8 Å². The largest absolute Gasteiger partial charge is 0.356 e. The van der Waals surface area contributed by atoms with Crippen molar-refractivity contribution >= 4 is 39.2 Å². The summed E-state index contributed by atoms with van der Waals surface area (Å²) in [4.78, 5) is 20.2. The molecule has 1 fully saturated rings. The minimum atomic E-state index is -4.28. The third-order valence-electron chi connectivity index (χ3n) is 6.96. The van der Waals surface area contributed by atoms with Crippen LogP contribution in [0, 0.1) is 11.8 Å². The zero-order chi connectivity index (χ0) is 27.6. The molecule has 3 atom stereocenters. The van der Waals surface area contributed by atoms with Gasteiger partial charge in [0.2, 0.25) is 5.91 Å². The predicted molar refractivity (Wildman–Crippen MR) is 149 cm³/mol. The maximum Gasteiger partial charge on any atom is 0.294 e. The summed E-state index contributed by atoms with van der Waals surface area (Å²) in [5.74, 6) is -0.182. The van der Waals surface area contributed by atoms with E-state index in [0.29, 0.717) is 33.8 Å². The number of hydrogen-bond acceptors (Lipinski definition) is 5. The fourth-order valence-corrected chi connectivity index (χ4v) is 6.56. The molecule has 1 aliphatic heterocycles. The molecule has 1 amide bonds. The molecule has 1 aromatic heterocycles. The Morgan fingerprint density at radius 3 is 2.26 bits per heavy atom. The van der Waals surface area contributed by atoms with Crippen molar-refractivity contribution in [2.24, 2.45) is 17.6 Å². The molecule has 2 unspecified atom stereocenters. The zero-order valence-electron chi connectivity index (χ0n) is 21.2. The number of aryl methyl sites for hydroxylation is 1. The molecule has 204 valence electrons. The van der Waals surface area contributed by atoms with Gasteiger partial charge in [-0.2, -0.15) is 8.42 Å². The summed E-state index contributed by atoms with van der Waals surface area (Å²) in [6.07, 6.45) is 4.94. The van der Waals surface area contributed by atoms with Gasteiger partial charge in [0.25, 0.3) is 10.1 Å². The quantitative estimate of drug-likeness (QED) is 0.314. The van der Waals surface area contributed by atoms with Crippen molar-refractivity contribution in [3.8, 4) is 11.1 Å². The van der Waals surface area contributed by atoms with Crippen LogP contribution in [0.5, 0.6) is 0 Å². The van der Waals surface area contributed by atoms with Crippen molar-refractivity contribution in [3.63, 3.8) is 0 Å². The summed E-state index contributed by atoms with van der Waals surface area (Å²) in [6.45, 7) is 4.52. The first kappa shape index (κ1) is 28.6. The van der Waals surface area contributed by atoms with Crippen LogP contribution >= 0.6 is 23.2 Å². The Balaban J connectivity index is 0.000000786. The molecule has 3 aromatic rings. The van der Waals surface area contributed by atoms with Gasteiger partial charge in [-0.3, -0.25) is 9.35 Å². The number of hydrogen-bond donors (Lipinski definition) is 4. The molecule has 5 N–H and O–H groups in total. The third kappa shape index (κ3) is 6.40. The Bertz CT molecular complexity index is 1380. The molecule has 0 bridgehead atoms. The van der Waals surface area contributed by atoms with E-state index in [0.717, 1.165) is 42.6 Å². The lowest BCUT2D eigenvalue weighted by Crippen LogP contribution is -2.32. The number of carbonyl (C=O) groups is 1. The van der Waals surface area contributed by atoms with Crippen LogP contribution in [0.15, 0.2) is 47.6 Å². The van der Waals surface area contributed by atoms with Crippen molar-refractivity contribution in [2.45, 2.75) is 56.4 Å². The average Bonchev–Trinajstić information content (AvgIpc) is 3.48. The number of imidazole rings is 1. The Hall–Kier alpha value is -2.43. The Morgan fingerprint density at radius 2 is 1.71 bits per heavy atom. The van der Waals surface area contributed by atoms with Gasteiger partial charge in [-0.15, -0.1) is 0 Å². The van der Waals surface area contributed by atoms with Crippen LogP contribution in [-0.2, 0) is 27.8 Å². The number of benzene rings is 2. The highest BCUT2D eigenvalue weighted by Gasteiger charge is 2.41. The number of nitrogens with two attached hydrogens (primary N) is 1. The number of rotatable bonds is 5. The molecule has 1 aliphatic carbocycles. The highest BCUT2D eigenvalue weighted by molar-refractivity contribution is 7.85. The maximum absolute atomic E-state index is 12.8. The normalized spacial score (nSPS) is 19.9. The molecule has 2 heterocycles. The summed E-state index contributed by atoms with van der Waals surface area (Å²) in [5.41, 5.74) is 9.48. The van der Waals surface area contributed by atoms with Gasteiger partial charge in [-0.1, -0.05) is 49.2 Å². The van der Waals surface area contributed by atoms with E-state index in [-0.39, 0.29) is 28.6 Å². The average molecular weight is 580 g/mol. The number of carbonyl (C=O) groups excluding carboxylic acids is 1. The van der Waals surface area contributed by atoms with E-state index < -0.39 is 10.1 Å². The first-order valence-electron chi connectivity index (χ1n) is 12.6. The minimum Gasteiger partial charge on any atom is -0.356 e. The van der Waals surface area contributed by atoms with Crippen LogP contribution in [0.2, 0.25) is 10.0 Å². The number of nitrogens with zero attached hydrogens (tertiary/aromatic N) is 1. The first-order valence-corrected chi connectivity index (χ1v) is 14.8. The highest BCUT2D eigenvalue weighted by atomic mass is 35.5. The maximum atomic E-state index is 12.8. The molecule has 0 spiro atoms. The van der Waals surface area contributed by atoms with Crippen LogP contribution in [-0.4, -0.2) is 41.4 Å². The number of H-pyrrole nitrogens is 1. The number of amides is 1. The van der Waals surface area contributed by atoms with E-state index in [1.807, 2.05) is 13.8 Å². The molecular weight excluding hydrogens is 547 g/mol. The Morgan fingerprint density at radius 1 is 1.08 bits per heavy atom. The molecule has 38 heavy (non-hydrogen) atoms. The summed E-state index contributed by atoms with van der Waals surface area (Å²) in [6, 6.07) is 9.77. The number of aromatic nitrogens is 2. The zero-order valence-corrected chi connectivity index (χ0v) is 23.6. The van der Waals surface area contributed by atoms with E-state index in [9.17, 15) is 17.8 Å². The summed E-state index contributed by atoms with van der Waals surface area (Å²) in [5, 5.41) is 3.89. The Labute approximate surface area is 233 Å². The Kier molecular flexibility index (Phi) is 8.84. The van der Waals surface area contributed by atoms with Crippen molar-refractivity contribution in [1.29, 1.82) is 0 Å². The fourth-order valence-electron chi connectivity index (χ4n) is 5.34. The number of fused-ring (bicyclic) bond motifs is 1. The van der Waals surface area contributed by atoms with E-state index >= 15 is 0 Å². The van der Waals surface area contributed by atoms with Crippen molar-refractivity contribution in [3.05, 3.63) is 69.7 Å². The summed E-state index contributed by atoms with van der Waals surface area (Å²) in [7, 11) is -4.28. The number of nitrogens with one attached hydrogen (secondary N) is 2. The number of aromatic amines is 1. The molecule has 5 rings (SSSR count). The summed E-state index contributed by atoms with van der Waals surface area (Å²) >= 11 is 13.7. The second-order valence-corrected chi connectivity index (χ2v) is 12.4. The van der Waals surface area contributed by atoms with Gasteiger partial charge in [0.1, 0.15) is 0 Å². The lowest BCUT2D eigenvalue weighted by molar-refractivity contribution is -0.123. The van der Waals surface area contributed by atoms with Crippen LogP contribution in [0.4, 0.5) is 0 Å². The molecule has 1 saturated heterocycles. The van der Waals surface area contributed by atoms with E-state index in [1.54, 1.807) is 30.6 Å². The van der Waals surface area contributed by atoms with Gasteiger partial charge in [0.05, 0.1) is 16.9 Å². The molecular formula is C27H32Cl2N4O4S. The third-order valence-corrected chi connectivity index (χ3v) is 8.45. The molecule has 2 aromatic carbocycles. The lowest BCUT2D eigenvalue weighted by Gasteiger charge is -2.34. The lowest BCUT2D eigenvalue weighted by atomic mass is 9.70. The minimum absolute atomic E-state index is 0.0230. The van der Waals surface area contributed by atoms with Gasteiger partial charge < -0.3 is 16.0 Å². The van der Waals surface area contributed by atoms with Gasteiger partial charge in [0, 0.05) is 34.1 Å². The first-order chi connectivity index (χ1) is 18.0. The molecule has 0 saturated carbocycles. The van der Waals surface area contributed by atoms with Crippen molar-refractivity contribution in [2.75, 3.05) is 6.54 Å². The smallest absolute Gasteiger partial charge is 0.294 e. The molecule has 8 nitrogen and oxygen atoms in total. The van der Waals surface area contributed by atoms with Crippen LogP contribution < -0.4 is 11.1 Å². The van der Waals surface area contributed by atoms with Gasteiger partial charge in [-0.25, -0.2) is 4.98 Å².